The number of alkyl halides is 1. The third-order valence-electron chi connectivity index (χ3n) is 7.20. The lowest BCUT2D eigenvalue weighted by atomic mass is 9.80. The molecule has 2 aliphatic carbocycles. The summed E-state index contributed by atoms with van der Waals surface area (Å²) in [7, 11) is 0. The highest BCUT2D eigenvalue weighted by molar-refractivity contribution is 9.09. The second-order valence-corrected chi connectivity index (χ2v) is 10.6. The number of halogens is 1. The van der Waals surface area contributed by atoms with Crippen molar-refractivity contribution in [1.82, 2.24) is 9.80 Å². The molecule has 1 aliphatic heterocycles. The molecule has 4 rings (SSSR count). The van der Waals surface area contributed by atoms with Crippen molar-refractivity contribution in [2.75, 3.05) is 11.9 Å². The number of aryl methyl sites for hydroxylation is 2. The maximum atomic E-state index is 13.5. The lowest BCUT2D eigenvalue weighted by molar-refractivity contribution is -0.144. The molecule has 0 aromatic heterocycles. The molecule has 3 fully saturated rings. The Balaban J connectivity index is 1.54. The first-order chi connectivity index (χ1) is 14.8. The van der Waals surface area contributed by atoms with E-state index >= 15 is 0 Å². The Labute approximate surface area is 192 Å². The molecule has 31 heavy (non-hydrogen) atoms. The van der Waals surface area contributed by atoms with Crippen LogP contribution < -0.4 is 5.32 Å². The summed E-state index contributed by atoms with van der Waals surface area (Å²) in [5.74, 6) is -0.474. The molecule has 0 spiro atoms. The van der Waals surface area contributed by atoms with Crippen molar-refractivity contribution in [3.63, 3.8) is 0 Å². The summed E-state index contributed by atoms with van der Waals surface area (Å²) in [5.41, 5.74) is 3.01. The van der Waals surface area contributed by atoms with Gasteiger partial charge in [0.15, 0.2) is 0 Å². The molecule has 1 N–H and O–H groups in total. The van der Waals surface area contributed by atoms with Crippen molar-refractivity contribution in [1.29, 1.82) is 0 Å². The Hall–Kier alpha value is -1.89. The van der Waals surface area contributed by atoms with E-state index in [1.54, 1.807) is 4.90 Å². The zero-order valence-electron chi connectivity index (χ0n) is 18.4. The Morgan fingerprint density at radius 1 is 1.06 bits per heavy atom. The highest BCUT2D eigenvalue weighted by atomic mass is 79.9. The van der Waals surface area contributed by atoms with Crippen LogP contribution in [0.2, 0.25) is 0 Å². The highest BCUT2D eigenvalue weighted by Crippen LogP contribution is 2.39. The Bertz CT molecular complexity index is 868. The summed E-state index contributed by atoms with van der Waals surface area (Å²) in [5, 5.41) is 2.94. The van der Waals surface area contributed by atoms with E-state index in [1.165, 1.54) is 10.5 Å². The number of benzene rings is 1. The molecule has 1 heterocycles. The van der Waals surface area contributed by atoms with Gasteiger partial charge in [0.1, 0.15) is 6.54 Å². The van der Waals surface area contributed by atoms with Crippen LogP contribution in [0, 0.1) is 19.8 Å². The van der Waals surface area contributed by atoms with Gasteiger partial charge in [-0.15, -0.1) is 0 Å². The molecule has 1 aromatic carbocycles. The minimum Gasteiger partial charge on any atom is -0.325 e. The number of imide groups is 1. The summed E-state index contributed by atoms with van der Waals surface area (Å²) in [6.07, 6.45) is 7.35. The topological polar surface area (TPSA) is 69.7 Å². The molecule has 1 saturated heterocycles. The lowest BCUT2D eigenvalue weighted by Gasteiger charge is -2.49. The van der Waals surface area contributed by atoms with Gasteiger partial charge < -0.3 is 10.2 Å². The van der Waals surface area contributed by atoms with Gasteiger partial charge in [0.05, 0.1) is 5.92 Å². The highest BCUT2D eigenvalue weighted by Gasteiger charge is 2.50. The van der Waals surface area contributed by atoms with Crippen molar-refractivity contribution < 1.29 is 14.4 Å². The van der Waals surface area contributed by atoms with Crippen LogP contribution in [-0.2, 0) is 9.59 Å². The first-order valence-electron chi connectivity index (χ1n) is 11.5. The first-order valence-corrected chi connectivity index (χ1v) is 12.4. The van der Waals surface area contributed by atoms with Crippen LogP contribution in [0.15, 0.2) is 18.2 Å². The molecule has 0 radical (unpaired) electrons. The normalized spacial score (nSPS) is 27.3. The molecule has 6 nitrogen and oxygen atoms in total. The van der Waals surface area contributed by atoms with E-state index in [0.717, 1.165) is 62.6 Å². The minimum atomic E-state index is -0.276. The average molecular weight is 490 g/mol. The Morgan fingerprint density at radius 2 is 1.81 bits per heavy atom. The van der Waals surface area contributed by atoms with Gasteiger partial charge in [0.25, 0.3) is 0 Å². The van der Waals surface area contributed by atoms with Gasteiger partial charge in [-0.25, -0.2) is 4.79 Å². The molecule has 3 unspecified atom stereocenters. The summed E-state index contributed by atoms with van der Waals surface area (Å²) in [4.78, 5) is 43.2. The maximum absolute atomic E-state index is 13.5. The fourth-order valence-corrected chi connectivity index (χ4v) is 6.00. The number of hydrogen-bond acceptors (Lipinski definition) is 3. The first kappa shape index (κ1) is 22.3. The average Bonchev–Trinajstić information content (AvgIpc) is 2.75. The number of hydrogen-bond donors (Lipinski definition) is 1. The van der Waals surface area contributed by atoms with Crippen molar-refractivity contribution >= 4 is 39.5 Å². The van der Waals surface area contributed by atoms with E-state index in [0.29, 0.717) is 0 Å². The van der Waals surface area contributed by atoms with Gasteiger partial charge in [-0.05, 0) is 69.2 Å². The van der Waals surface area contributed by atoms with E-state index in [4.69, 9.17) is 0 Å². The van der Waals surface area contributed by atoms with Crippen LogP contribution in [-0.4, -0.2) is 51.1 Å². The molecule has 3 aliphatic rings. The summed E-state index contributed by atoms with van der Waals surface area (Å²) in [6.45, 7) is 4.02. The zero-order valence-corrected chi connectivity index (χ0v) is 20.0. The molecule has 168 valence electrons. The van der Waals surface area contributed by atoms with Gasteiger partial charge in [0, 0.05) is 22.6 Å². The number of amides is 4. The quantitative estimate of drug-likeness (QED) is 0.619. The van der Waals surface area contributed by atoms with Crippen LogP contribution in [0.5, 0.6) is 0 Å². The third kappa shape index (κ3) is 4.66. The van der Waals surface area contributed by atoms with Crippen molar-refractivity contribution in [2.45, 2.75) is 82.1 Å². The second-order valence-electron chi connectivity index (χ2n) is 9.34. The summed E-state index contributed by atoms with van der Waals surface area (Å²) >= 11 is 3.68. The number of nitrogens with zero attached hydrogens (tertiary/aromatic N) is 2. The van der Waals surface area contributed by atoms with Crippen LogP contribution in [0.25, 0.3) is 0 Å². The maximum Gasteiger partial charge on any atom is 0.327 e. The zero-order chi connectivity index (χ0) is 22.1. The summed E-state index contributed by atoms with van der Waals surface area (Å²) in [6, 6.07) is 5.31. The van der Waals surface area contributed by atoms with Crippen molar-refractivity contribution in [2.24, 2.45) is 5.92 Å². The fraction of sp³-hybridized carbons (Fsp3) is 0.625. The molecule has 2 saturated carbocycles. The third-order valence-corrected chi connectivity index (χ3v) is 8.03. The van der Waals surface area contributed by atoms with Gasteiger partial charge in [-0.2, -0.15) is 0 Å². The SMILES string of the molecule is Cc1ccc(NC(=O)CN2C(=O)N(C3CCCCC3)C(=O)C3CC(Br)CCC32)cc1C. The summed E-state index contributed by atoms with van der Waals surface area (Å²) < 4.78 is 0. The lowest BCUT2D eigenvalue weighted by Crippen LogP contribution is -2.66. The number of carbonyl (C=O) groups excluding carboxylic acids is 3. The smallest absolute Gasteiger partial charge is 0.325 e. The van der Waals surface area contributed by atoms with Gasteiger partial charge in [-0.3, -0.25) is 14.5 Å². The molecule has 3 atom stereocenters. The number of fused-ring (bicyclic) bond motifs is 1. The van der Waals surface area contributed by atoms with Crippen molar-refractivity contribution in [3.05, 3.63) is 29.3 Å². The fourth-order valence-electron chi connectivity index (χ4n) is 5.33. The number of carbonyl (C=O) groups is 3. The number of nitrogens with one attached hydrogen (secondary N) is 1. The van der Waals surface area contributed by atoms with Gasteiger partial charge >= 0.3 is 6.03 Å². The minimum absolute atomic E-state index is 0.0175. The predicted octanol–water partition coefficient (Wildman–Crippen LogP) is 4.77. The number of urea groups is 1. The molecular formula is C24H32BrN3O3. The predicted molar refractivity (Wildman–Crippen MR) is 124 cm³/mol. The van der Waals surface area contributed by atoms with E-state index in [2.05, 4.69) is 21.2 Å². The van der Waals surface area contributed by atoms with E-state index in [-0.39, 0.29) is 47.2 Å². The van der Waals surface area contributed by atoms with Crippen LogP contribution in [0.1, 0.15) is 62.5 Å². The molecule has 0 bridgehead atoms. The molecular weight excluding hydrogens is 458 g/mol. The van der Waals surface area contributed by atoms with Gasteiger partial charge in [-0.1, -0.05) is 41.3 Å². The van der Waals surface area contributed by atoms with Crippen LogP contribution in [0.3, 0.4) is 0 Å². The van der Waals surface area contributed by atoms with E-state index in [1.807, 2.05) is 32.0 Å². The number of anilines is 1. The van der Waals surface area contributed by atoms with E-state index in [9.17, 15) is 14.4 Å². The molecule has 1 aromatic rings. The second kappa shape index (κ2) is 9.31. The standard InChI is InChI=1S/C24H32BrN3O3/c1-15-8-10-18(12-16(15)2)26-22(29)14-27-21-11-9-17(25)13-20(21)23(30)28(24(27)31)19-6-4-3-5-7-19/h8,10,12,17,19-21H,3-7,9,11,13-14H2,1-2H3,(H,26,29). The molecule has 7 heteroatoms. The monoisotopic (exact) mass is 489 g/mol. The number of rotatable bonds is 4. The Kier molecular flexibility index (Phi) is 6.70. The van der Waals surface area contributed by atoms with Crippen LogP contribution in [0.4, 0.5) is 10.5 Å². The largest absolute Gasteiger partial charge is 0.327 e. The van der Waals surface area contributed by atoms with Crippen molar-refractivity contribution in [3.8, 4) is 0 Å². The van der Waals surface area contributed by atoms with Crippen LogP contribution >= 0.6 is 15.9 Å². The molecule has 4 amide bonds. The van der Waals surface area contributed by atoms with E-state index < -0.39 is 0 Å². The van der Waals surface area contributed by atoms with Gasteiger partial charge in [0.2, 0.25) is 11.8 Å². The Morgan fingerprint density at radius 3 is 2.52 bits per heavy atom.